The van der Waals surface area contributed by atoms with Crippen molar-refractivity contribution in [3.8, 4) is 5.75 Å². The van der Waals surface area contributed by atoms with E-state index in [0.717, 1.165) is 41.6 Å². The predicted octanol–water partition coefficient (Wildman–Crippen LogP) is 2.59. The van der Waals surface area contributed by atoms with Gasteiger partial charge < -0.3 is 14.7 Å². The van der Waals surface area contributed by atoms with Crippen LogP contribution in [0.1, 0.15) is 44.6 Å². The number of nitrogens with two attached hydrogens (primary N) is 1. The summed E-state index contributed by atoms with van der Waals surface area (Å²) in [6.07, 6.45) is 5.38. The summed E-state index contributed by atoms with van der Waals surface area (Å²) in [4.78, 5) is 52.1. The number of unbranched alkanes of at least 4 members (excludes halogenated alkanes) is 3. The van der Waals surface area contributed by atoms with E-state index in [9.17, 15) is 27.6 Å². The zero-order valence-electron chi connectivity index (χ0n) is 21.5. The Hall–Kier alpha value is -4.03. The highest BCUT2D eigenvalue weighted by molar-refractivity contribution is 7.89. The maximum absolute atomic E-state index is 13.4. The second-order valence-corrected chi connectivity index (χ2v) is 10.6. The summed E-state index contributed by atoms with van der Waals surface area (Å²) >= 11 is 0. The van der Waals surface area contributed by atoms with Crippen LogP contribution in [0.25, 0.3) is 0 Å². The van der Waals surface area contributed by atoms with E-state index in [1.165, 1.54) is 24.3 Å². The number of carbonyl (C=O) groups excluding carboxylic acids is 3. The van der Waals surface area contributed by atoms with E-state index in [4.69, 9.17) is 15.0 Å². The van der Waals surface area contributed by atoms with E-state index in [-0.39, 0.29) is 17.9 Å². The molecule has 0 aliphatic carbocycles. The first-order valence-electron chi connectivity index (χ1n) is 12.4. The number of carbonyl (C=O) groups is 4. The largest absolute Gasteiger partial charge is 0.494 e. The van der Waals surface area contributed by atoms with Crippen molar-refractivity contribution in [3.05, 3.63) is 66.2 Å². The smallest absolute Gasteiger partial charge is 0.328 e. The molecule has 1 aliphatic rings. The third-order valence-electron chi connectivity index (χ3n) is 6.12. The highest BCUT2D eigenvalue weighted by atomic mass is 32.2. The van der Waals surface area contributed by atoms with E-state index in [2.05, 4.69) is 6.92 Å². The van der Waals surface area contributed by atoms with Crippen LogP contribution < -0.4 is 14.8 Å². The minimum Gasteiger partial charge on any atom is -0.494 e. The molecule has 1 aliphatic heterocycles. The molecule has 0 spiro atoms. The van der Waals surface area contributed by atoms with Crippen LogP contribution in [0.2, 0.25) is 0 Å². The number of aliphatic carboxylic acids is 1. The van der Waals surface area contributed by atoms with E-state index < -0.39 is 39.8 Å². The first kappa shape index (κ1) is 29.5. The summed E-state index contributed by atoms with van der Waals surface area (Å²) in [5, 5.41) is 14.1. The maximum Gasteiger partial charge on any atom is 0.328 e. The van der Waals surface area contributed by atoms with Gasteiger partial charge in [-0.2, -0.15) is 0 Å². The maximum atomic E-state index is 13.4. The van der Waals surface area contributed by atoms with Crippen molar-refractivity contribution in [2.75, 3.05) is 11.5 Å². The highest BCUT2D eigenvalue weighted by Gasteiger charge is 2.44. The average Bonchev–Trinajstić information content (AvgIpc) is 3.19. The Morgan fingerprint density at radius 2 is 1.72 bits per heavy atom. The van der Waals surface area contributed by atoms with Gasteiger partial charge in [-0.1, -0.05) is 38.3 Å². The molecule has 0 unspecified atom stereocenters. The molecule has 3 N–H and O–H groups in total. The summed E-state index contributed by atoms with van der Waals surface area (Å²) in [7, 11) is -3.94. The van der Waals surface area contributed by atoms with Gasteiger partial charge in [-0.3, -0.25) is 14.4 Å². The first-order valence-corrected chi connectivity index (χ1v) is 14.0. The number of benzene rings is 2. The molecular formula is C27H31N3O8S. The summed E-state index contributed by atoms with van der Waals surface area (Å²) in [6, 6.07) is 10.6. The molecule has 0 aromatic heterocycles. The van der Waals surface area contributed by atoms with E-state index in [1.807, 2.05) is 0 Å². The predicted molar refractivity (Wildman–Crippen MR) is 142 cm³/mol. The second-order valence-electron chi connectivity index (χ2n) is 9.02. The molecule has 2 aromatic carbocycles. The fourth-order valence-electron chi connectivity index (χ4n) is 4.10. The third-order valence-corrected chi connectivity index (χ3v) is 7.05. The molecule has 39 heavy (non-hydrogen) atoms. The Morgan fingerprint density at radius 3 is 2.31 bits per heavy atom. The molecule has 0 saturated carbocycles. The Bertz CT molecular complexity index is 1340. The van der Waals surface area contributed by atoms with Crippen molar-refractivity contribution in [1.29, 1.82) is 0 Å². The Balaban J connectivity index is 1.79. The Labute approximate surface area is 226 Å². The number of nitrogens with zero attached hydrogens (tertiary/aromatic N) is 2. The molecular weight excluding hydrogens is 526 g/mol. The normalized spacial score (nSPS) is 15.6. The lowest BCUT2D eigenvalue weighted by Crippen LogP contribution is -2.44. The number of anilines is 1. The van der Waals surface area contributed by atoms with Crippen LogP contribution in [-0.4, -0.2) is 54.8 Å². The van der Waals surface area contributed by atoms with Crippen molar-refractivity contribution >= 4 is 39.4 Å². The monoisotopic (exact) mass is 557 g/mol. The third kappa shape index (κ3) is 7.98. The SMILES string of the molecule is CCCCCCOc1ccc(N2C(=O)C[C@H](N(Cc3ccc(S(N)(=O)=O)cc3)C(=O)/C=C/C(=O)O)C2=O)cc1. The summed E-state index contributed by atoms with van der Waals surface area (Å²) in [5.41, 5.74) is 0.760. The quantitative estimate of drug-likeness (QED) is 0.215. The van der Waals surface area contributed by atoms with Gasteiger partial charge in [0.2, 0.25) is 21.8 Å². The lowest BCUT2D eigenvalue weighted by molar-refractivity contribution is -0.135. The number of hydrogen-bond donors (Lipinski definition) is 2. The van der Waals surface area contributed by atoms with Crippen molar-refractivity contribution in [1.82, 2.24) is 4.90 Å². The fourth-order valence-corrected chi connectivity index (χ4v) is 4.62. The number of hydrogen-bond acceptors (Lipinski definition) is 7. The van der Waals surface area contributed by atoms with Crippen LogP contribution in [0.15, 0.2) is 65.6 Å². The van der Waals surface area contributed by atoms with Gasteiger partial charge in [0.25, 0.3) is 5.91 Å². The zero-order valence-corrected chi connectivity index (χ0v) is 22.3. The number of amides is 3. The summed E-state index contributed by atoms with van der Waals surface area (Å²) < 4.78 is 28.8. The lowest BCUT2D eigenvalue weighted by Gasteiger charge is -2.27. The van der Waals surface area contributed by atoms with Gasteiger partial charge in [-0.25, -0.2) is 23.3 Å². The summed E-state index contributed by atoms with van der Waals surface area (Å²) in [5.74, 6) is -2.73. The van der Waals surface area contributed by atoms with Gasteiger partial charge in [-0.15, -0.1) is 0 Å². The van der Waals surface area contributed by atoms with Gasteiger partial charge >= 0.3 is 5.97 Å². The molecule has 0 radical (unpaired) electrons. The highest BCUT2D eigenvalue weighted by Crippen LogP contribution is 2.29. The molecule has 3 rings (SSSR count). The van der Waals surface area contributed by atoms with Crippen molar-refractivity contribution in [2.24, 2.45) is 5.14 Å². The van der Waals surface area contributed by atoms with Crippen LogP contribution in [0.3, 0.4) is 0 Å². The topological polar surface area (TPSA) is 164 Å². The number of imide groups is 1. The van der Waals surface area contributed by atoms with Gasteiger partial charge in [-0.05, 0) is 48.4 Å². The number of primary sulfonamides is 1. The van der Waals surface area contributed by atoms with Crippen molar-refractivity contribution in [2.45, 2.75) is 56.5 Å². The molecule has 12 heteroatoms. The Kier molecular flexibility index (Phi) is 9.96. The molecule has 11 nitrogen and oxygen atoms in total. The minimum atomic E-state index is -3.94. The standard InChI is InChI=1S/C27H31N3O8S/c1-2-3-4-5-16-38-21-10-8-20(9-11-21)30-25(32)17-23(27(30)35)29(24(31)14-15-26(33)34)18-19-6-12-22(13-7-19)39(28,36)37/h6-15,23H,2-5,16-18H2,1H3,(H,33,34)(H2,28,36,37)/b15-14+/t23-/m0/s1. The van der Waals surface area contributed by atoms with Crippen LogP contribution in [0.4, 0.5) is 5.69 Å². The van der Waals surface area contributed by atoms with Crippen LogP contribution in [-0.2, 0) is 35.7 Å². The summed E-state index contributed by atoms with van der Waals surface area (Å²) in [6.45, 7) is 2.50. The number of carboxylic acid groups (broad SMARTS) is 1. The van der Waals surface area contributed by atoms with Gasteiger partial charge in [0, 0.05) is 18.7 Å². The van der Waals surface area contributed by atoms with Gasteiger partial charge in [0.15, 0.2) is 0 Å². The molecule has 1 atom stereocenters. The van der Waals surface area contributed by atoms with E-state index in [0.29, 0.717) is 29.7 Å². The number of carboxylic acids is 1. The lowest BCUT2D eigenvalue weighted by atomic mass is 10.1. The van der Waals surface area contributed by atoms with E-state index in [1.54, 1.807) is 24.3 Å². The molecule has 3 amide bonds. The van der Waals surface area contributed by atoms with Gasteiger partial charge in [0.05, 0.1) is 23.6 Å². The first-order chi connectivity index (χ1) is 18.5. The second kappa shape index (κ2) is 13.2. The molecule has 1 heterocycles. The Morgan fingerprint density at radius 1 is 1.05 bits per heavy atom. The molecule has 2 aromatic rings. The van der Waals surface area contributed by atoms with Crippen molar-refractivity contribution < 1.29 is 37.4 Å². The number of rotatable bonds is 13. The molecule has 1 saturated heterocycles. The van der Waals surface area contributed by atoms with Crippen LogP contribution in [0, 0.1) is 0 Å². The molecule has 0 bridgehead atoms. The van der Waals surface area contributed by atoms with Crippen LogP contribution in [0.5, 0.6) is 5.75 Å². The molecule has 208 valence electrons. The minimum absolute atomic E-state index is 0.137. The molecule has 1 fully saturated rings. The van der Waals surface area contributed by atoms with Crippen LogP contribution >= 0.6 is 0 Å². The fraction of sp³-hybridized carbons (Fsp3) is 0.333. The van der Waals surface area contributed by atoms with E-state index >= 15 is 0 Å². The number of ether oxygens (including phenoxy) is 1. The van der Waals surface area contributed by atoms with Crippen molar-refractivity contribution in [3.63, 3.8) is 0 Å². The number of sulfonamides is 1. The van der Waals surface area contributed by atoms with Gasteiger partial charge in [0.1, 0.15) is 11.8 Å². The zero-order chi connectivity index (χ0) is 28.6. The average molecular weight is 558 g/mol.